The summed E-state index contributed by atoms with van der Waals surface area (Å²) in [6, 6.07) is 0. The van der Waals surface area contributed by atoms with Crippen molar-refractivity contribution in [3.8, 4) is 0 Å². The van der Waals surface area contributed by atoms with Crippen molar-refractivity contribution >= 4 is 5.91 Å². The number of nitrogens with zero attached hydrogens (tertiary/aromatic N) is 1. The lowest BCUT2D eigenvalue weighted by Crippen LogP contribution is -2.45. The lowest BCUT2D eigenvalue weighted by molar-refractivity contribution is -0.135. The average molecular weight is 213 g/mol. The molecule has 1 heterocycles. The van der Waals surface area contributed by atoms with Crippen LogP contribution in [0, 0.1) is 11.8 Å². The van der Waals surface area contributed by atoms with Crippen LogP contribution in [0.4, 0.5) is 0 Å². The number of aliphatic hydroxyl groups is 1. The van der Waals surface area contributed by atoms with Crippen molar-refractivity contribution < 1.29 is 9.90 Å². The zero-order valence-corrected chi connectivity index (χ0v) is 10.1. The Morgan fingerprint density at radius 2 is 2.27 bits per heavy atom. The zero-order chi connectivity index (χ0) is 11.4. The van der Waals surface area contributed by atoms with Gasteiger partial charge in [0.2, 0.25) is 5.91 Å². The maximum atomic E-state index is 11.9. The largest absolute Gasteiger partial charge is 0.393 e. The highest BCUT2D eigenvalue weighted by atomic mass is 16.3. The van der Waals surface area contributed by atoms with Gasteiger partial charge in [0.15, 0.2) is 0 Å². The fourth-order valence-electron chi connectivity index (χ4n) is 1.93. The van der Waals surface area contributed by atoms with Gasteiger partial charge in [-0.1, -0.05) is 27.2 Å². The van der Waals surface area contributed by atoms with E-state index in [1.807, 2.05) is 11.8 Å². The monoisotopic (exact) mass is 213 g/mol. The number of likely N-dealkylation sites (tertiary alicyclic amines) is 1. The van der Waals surface area contributed by atoms with Gasteiger partial charge in [0.25, 0.3) is 0 Å². The molecule has 15 heavy (non-hydrogen) atoms. The van der Waals surface area contributed by atoms with E-state index in [1.54, 1.807) is 0 Å². The van der Waals surface area contributed by atoms with E-state index in [-0.39, 0.29) is 17.9 Å². The maximum absolute atomic E-state index is 11.9. The Balaban J connectivity index is 2.40. The fourth-order valence-corrected chi connectivity index (χ4v) is 1.93. The molecule has 0 aromatic heterocycles. The van der Waals surface area contributed by atoms with Crippen LogP contribution >= 0.6 is 0 Å². The number of rotatable bonds is 3. The molecular formula is C12H23NO2. The van der Waals surface area contributed by atoms with Crippen LogP contribution in [0.3, 0.4) is 0 Å². The van der Waals surface area contributed by atoms with Gasteiger partial charge in [-0.25, -0.2) is 0 Å². The highest BCUT2D eigenvalue weighted by Gasteiger charge is 2.27. The number of piperidine rings is 1. The molecule has 0 bridgehead atoms. The summed E-state index contributed by atoms with van der Waals surface area (Å²) in [4.78, 5) is 13.8. The molecule has 0 aromatic rings. The molecule has 88 valence electrons. The Hall–Kier alpha value is -0.570. The van der Waals surface area contributed by atoms with E-state index in [0.717, 1.165) is 25.9 Å². The first kappa shape index (κ1) is 12.5. The topological polar surface area (TPSA) is 40.5 Å². The van der Waals surface area contributed by atoms with E-state index in [1.165, 1.54) is 0 Å². The minimum Gasteiger partial charge on any atom is -0.393 e. The molecule has 0 radical (unpaired) electrons. The first-order valence-corrected chi connectivity index (χ1v) is 6.00. The van der Waals surface area contributed by atoms with E-state index in [9.17, 15) is 9.90 Å². The number of carbonyl (C=O) groups is 1. The predicted octanol–water partition coefficient (Wildman–Crippen LogP) is 1.65. The van der Waals surface area contributed by atoms with Crippen molar-refractivity contribution in [2.45, 2.75) is 46.1 Å². The fraction of sp³-hybridized carbons (Fsp3) is 0.917. The number of hydrogen-bond acceptors (Lipinski definition) is 2. The van der Waals surface area contributed by atoms with Crippen molar-refractivity contribution in [1.82, 2.24) is 4.90 Å². The predicted molar refractivity (Wildman–Crippen MR) is 60.4 cm³/mol. The van der Waals surface area contributed by atoms with Crippen molar-refractivity contribution in [2.24, 2.45) is 11.8 Å². The van der Waals surface area contributed by atoms with Crippen LogP contribution in [0.5, 0.6) is 0 Å². The Morgan fingerprint density at radius 3 is 2.80 bits per heavy atom. The van der Waals surface area contributed by atoms with Crippen molar-refractivity contribution in [2.75, 3.05) is 13.1 Å². The summed E-state index contributed by atoms with van der Waals surface area (Å²) in [7, 11) is 0. The highest BCUT2D eigenvalue weighted by molar-refractivity contribution is 5.76. The first-order chi connectivity index (χ1) is 7.04. The molecule has 3 unspecified atom stereocenters. The third-order valence-electron chi connectivity index (χ3n) is 3.43. The van der Waals surface area contributed by atoms with Gasteiger partial charge < -0.3 is 10.0 Å². The molecule has 0 saturated carbocycles. The summed E-state index contributed by atoms with van der Waals surface area (Å²) < 4.78 is 0. The van der Waals surface area contributed by atoms with Gasteiger partial charge in [0, 0.05) is 19.5 Å². The van der Waals surface area contributed by atoms with Gasteiger partial charge in [-0.05, 0) is 18.3 Å². The van der Waals surface area contributed by atoms with Gasteiger partial charge >= 0.3 is 0 Å². The molecule has 1 N–H and O–H groups in total. The van der Waals surface area contributed by atoms with E-state index in [2.05, 4.69) is 13.8 Å². The zero-order valence-electron chi connectivity index (χ0n) is 10.1. The van der Waals surface area contributed by atoms with Gasteiger partial charge in [-0.3, -0.25) is 4.79 Å². The van der Waals surface area contributed by atoms with Crippen LogP contribution in [0.15, 0.2) is 0 Å². The SMILES string of the molecule is CCC(C)CC(=O)N1CCC(O)C(C)C1. The lowest BCUT2D eigenvalue weighted by atomic mass is 9.95. The normalized spacial score (nSPS) is 28.9. The number of aliphatic hydroxyl groups excluding tert-OH is 1. The summed E-state index contributed by atoms with van der Waals surface area (Å²) in [5.74, 6) is 0.947. The third kappa shape index (κ3) is 3.49. The molecule has 1 aliphatic rings. The molecule has 3 heteroatoms. The van der Waals surface area contributed by atoms with Crippen LogP contribution in [0.25, 0.3) is 0 Å². The van der Waals surface area contributed by atoms with E-state index < -0.39 is 0 Å². The molecule has 1 amide bonds. The van der Waals surface area contributed by atoms with Crippen LogP contribution in [-0.2, 0) is 4.79 Å². The van der Waals surface area contributed by atoms with E-state index in [4.69, 9.17) is 0 Å². The summed E-state index contributed by atoms with van der Waals surface area (Å²) in [6.45, 7) is 7.67. The lowest BCUT2D eigenvalue weighted by Gasteiger charge is -2.34. The Morgan fingerprint density at radius 1 is 1.60 bits per heavy atom. The molecule has 0 spiro atoms. The Kier molecular flexibility index (Phi) is 4.58. The molecule has 0 aromatic carbocycles. The molecule has 3 atom stereocenters. The van der Waals surface area contributed by atoms with Gasteiger partial charge in [-0.2, -0.15) is 0 Å². The summed E-state index contributed by atoms with van der Waals surface area (Å²) in [5, 5.41) is 9.57. The number of carbonyl (C=O) groups excluding carboxylic acids is 1. The smallest absolute Gasteiger partial charge is 0.222 e. The van der Waals surface area contributed by atoms with E-state index >= 15 is 0 Å². The van der Waals surface area contributed by atoms with Crippen molar-refractivity contribution in [3.05, 3.63) is 0 Å². The summed E-state index contributed by atoms with van der Waals surface area (Å²) in [5.41, 5.74) is 0. The van der Waals surface area contributed by atoms with Gasteiger partial charge in [0.1, 0.15) is 0 Å². The van der Waals surface area contributed by atoms with Crippen molar-refractivity contribution in [1.29, 1.82) is 0 Å². The molecular weight excluding hydrogens is 190 g/mol. The Bertz CT molecular complexity index is 218. The second-order valence-corrected chi connectivity index (χ2v) is 4.89. The van der Waals surface area contributed by atoms with Gasteiger partial charge in [0.05, 0.1) is 6.10 Å². The molecule has 1 fully saturated rings. The van der Waals surface area contributed by atoms with Crippen molar-refractivity contribution in [3.63, 3.8) is 0 Å². The summed E-state index contributed by atoms with van der Waals surface area (Å²) in [6.07, 6.45) is 2.21. The third-order valence-corrected chi connectivity index (χ3v) is 3.43. The quantitative estimate of drug-likeness (QED) is 0.774. The van der Waals surface area contributed by atoms with E-state index in [0.29, 0.717) is 12.3 Å². The maximum Gasteiger partial charge on any atom is 0.222 e. The van der Waals surface area contributed by atoms with Crippen LogP contribution in [0.2, 0.25) is 0 Å². The van der Waals surface area contributed by atoms with Crippen LogP contribution in [-0.4, -0.2) is 35.1 Å². The number of amides is 1. The Labute approximate surface area is 92.5 Å². The second kappa shape index (κ2) is 5.50. The minimum atomic E-state index is -0.224. The highest BCUT2D eigenvalue weighted by Crippen LogP contribution is 2.18. The molecule has 1 saturated heterocycles. The van der Waals surface area contributed by atoms with Crippen LogP contribution in [0.1, 0.15) is 40.0 Å². The minimum absolute atomic E-state index is 0.222. The average Bonchev–Trinajstić information content (AvgIpc) is 2.21. The molecule has 0 aliphatic carbocycles. The number of hydrogen-bond donors (Lipinski definition) is 1. The molecule has 1 aliphatic heterocycles. The molecule has 1 rings (SSSR count). The first-order valence-electron chi connectivity index (χ1n) is 6.00. The second-order valence-electron chi connectivity index (χ2n) is 4.89. The summed E-state index contributed by atoms with van der Waals surface area (Å²) >= 11 is 0. The van der Waals surface area contributed by atoms with Gasteiger partial charge in [-0.15, -0.1) is 0 Å². The van der Waals surface area contributed by atoms with Crippen LogP contribution < -0.4 is 0 Å². The standard InChI is InChI=1S/C12H23NO2/c1-4-9(2)7-12(15)13-6-5-11(14)10(3)8-13/h9-11,14H,4-8H2,1-3H3. The molecule has 3 nitrogen and oxygen atoms in total.